The first-order valence-electron chi connectivity index (χ1n) is 7.06. The summed E-state index contributed by atoms with van der Waals surface area (Å²) in [5.41, 5.74) is 2.23. The Bertz CT molecular complexity index is 489. The molecule has 1 fully saturated rings. The second-order valence-electron chi connectivity index (χ2n) is 5.44. The van der Waals surface area contributed by atoms with Crippen LogP contribution in [0, 0.1) is 5.82 Å². The van der Waals surface area contributed by atoms with Crippen LogP contribution in [0.2, 0.25) is 0 Å². The maximum atomic E-state index is 13.2. The van der Waals surface area contributed by atoms with Crippen molar-refractivity contribution in [2.75, 3.05) is 6.54 Å². The van der Waals surface area contributed by atoms with Crippen molar-refractivity contribution in [2.45, 2.75) is 44.2 Å². The van der Waals surface area contributed by atoms with E-state index in [1.807, 2.05) is 6.07 Å². The smallest absolute Gasteiger partial charge is 0.237 e. The molecule has 3 nitrogen and oxygen atoms in total. The van der Waals surface area contributed by atoms with Crippen LogP contribution in [-0.2, 0) is 11.2 Å². The zero-order valence-electron chi connectivity index (χ0n) is 10.9. The SMILES string of the molecule is O=C1NCCCCC1NC1CCc2cc(F)ccc21. The highest BCUT2D eigenvalue weighted by Crippen LogP contribution is 2.32. The van der Waals surface area contributed by atoms with Gasteiger partial charge in [-0.25, -0.2) is 4.39 Å². The van der Waals surface area contributed by atoms with E-state index in [1.54, 1.807) is 6.07 Å². The Morgan fingerprint density at radius 3 is 3.00 bits per heavy atom. The van der Waals surface area contributed by atoms with E-state index < -0.39 is 0 Å². The number of hydrogen-bond acceptors (Lipinski definition) is 2. The summed E-state index contributed by atoms with van der Waals surface area (Å²) in [5.74, 6) is -0.0697. The van der Waals surface area contributed by atoms with Gasteiger partial charge in [-0.1, -0.05) is 6.07 Å². The van der Waals surface area contributed by atoms with Crippen molar-refractivity contribution >= 4 is 5.91 Å². The molecule has 2 atom stereocenters. The molecule has 2 aliphatic rings. The molecule has 0 aromatic heterocycles. The molecule has 2 unspecified atom stereocenters. The van der Waals surface area contributed by atoms with Crippen molar-refractivity contribution in [3.05, 3.63) is 35.1 Å². The van der Waals surface area contributed by atoms with Crippen LogP contribution in [0.25, 0.3) is 0 Å². The van der Waals surface area contributed by atoms with Gasteiger partial charge in [-0.15, -0.1) is 0 Å². The van der Waals surface area contributed by atoms with Gasteiger partial charge in [0, 0.05) is 12.6 Å². The summed E-state index contributed by atoms with van der Waals surface area (Å²) in [6, 6.07) is 5.05. The number of fused-ring (bicyclic) bond motifs is 1. The lowest BCUT2D eigenvalue weighted by Crippen LogP contribution is -2.43. The van der Waals surface area contributed by atoms with Gasteiger partial charge in [-0.05, 0) is 55.4 Å². The van der Waals surface area contributed by atoms with Crippen molar-refractivity contribution < 1.29 is 9.18 Å². The number of carbonyl (C=O) groups is 1. The molecular formula is C15H19FN2O. The minimum atomic E-state index is -0.174. The number of aryl methyl sites for hydroxylation is 1. The van der Waals surface area contributed by atoms with E-state index in [0.717, 1.165) is 49.8 Å². The number of amides is 1. The Kier molecular flexibility index (Phi) is 3.51. The number of rotatable bonds is 2. The van der Waals surface area contributed by atoms with Gasteiger partial charge in [0.05, 0.1) is 6.04 Å². The predicted octanol–water partition coefficient (Wildman–Crippen LogP) is 2.07. The maximum Gasteiger partial charge on any atom is 0.237 e. The minimum Gasteiger partial charge on any atom is -0.355 e. The van der Waals surface area contributed by atoms with Gasteiger partial charge < -0.3 is 5.32 Å². The first kappa shape index (κ1) is 12.6. The summed E-state index contributed by atoms with van der Waals surface area (Å²) >= 11 is 0. The topological polar surface area (TPSA) is 41.1 Å². The van der Waals surface area contributed by atoms with Crippen LogP contribution in [0.1, 0.15) is 42.9 Å². The van der Waals surface area contributed by atoms with E-state index in [9.17, 15) is 9.18 Å². The molecule has 0 bridgehead atoms. The molecule has 19 heavy (non-hydrogen) atoms. The predicted molar refractivity (Wildman–Crippen MR) is 71.2 cm³/mol. The highest BCUT2D eigenvalue weighted by molar-refractivity contribution is 5.82. The quantitative estimate of drug-likeness (QED) is 0.856. The molecule has 102 valence electrons. The van der Waals surface area contributed by atoms with E-state index in [0.29, 0.717) is 0 Å². The van der Waals surface area contributed by atoms with Gasteiger partial charge in [-0.3, -0.25) is 10.1 Å². The third-order valence-corrected chi connectivity index (χ3v) is 4.12. The summed E-state index contributed by atoms with van der Waals surface area (Å²) in [6.07, 6.45) is 4.84. The van der Waals surface area contributed by atoms with E-state index in [4.69, 9.17) is 0 Å². The third kappa shape index (κ3) is 2.63. The van der Waals surface area contributed by atoms with Crippen LogP contribution in [0.4, 0.5) is 4.39 Å². The summed E-state index contributed by atoms with van der Waals surface area (Å²) in [7, 11) is 0. The van der Waals surface area contributed by atoms with Crippen LogP contribution in [-0.4, -0.2) is 18.5 Å². The zero-order valence-corrected chi connectivity index (χ0v) is 10.9. The number of nitrogens with one attached hydrogen (secondary N) is 2. The van der Waals surface area contributed by atoms with Crippen molar-refractivity contribution in [1.29, 1.82) is 0 Å². The fourth-order valence-electron chi connectivity index (χ4n) is 3.10. The number of halogens is 1. The maximum absolute atomic E-state index is 13.2. The third-order valence-electron chi connectivity index (χ3n) is 4.12. The molecule has 1 aliphatic heterocycles. The van der Waals surface area contributed by atoms with Crippen molar-refractivity contribution in [2.24, 2.45) is 0 Å². The second-order valence-corrected chi connectivity index (χ2v) is 5.44. The van der Waals surface area contributed by atoms with Crippen LogP contribution >= 0.6 is 0 Å². The number of benzene rings is 1. The highest BCUT2D eigenvalue weighted by atomic mass is 19.1. The molecule has 0 saturated carbocycles. The molecule has 1 heterocycles. The van der Waals surface area contributed by atoms with Gasteiger partial charge in [0.15, 0.2) is 0 Å². The highest BCUT2D eigenvalue weighted by Gasteiger charge is 2.28. The van der Waals surface area contributed by atoms with E-state index in [2.05, 4.69) is 10.6 Å². The molecule has 0 radical (unpaired) electrons. The average Bonchev–Trinajstić information content (AvgIpc) is 2.67. The van der Waals surface area contributed by atoms with Crippen LogP contribution < -0.4 is 10.6 Å². The van der Waals surface area contributed by atoms with Crippen molar-refractivity contribution in [1.82, 2.24) is 10.6 Å². The van der Waals surface area contributed by atoms with Gasteiger partial charge in [0.2, 0.25) is 5.91 Å². The molecule has 3 rings (SSSR count). The standard InChI is InChI=1S/C15H19FN2O/c16-11-5-6-12-10(9-11)4-7-13(12)18-14-3-1-2-8-17-15(14)19/h5-6,9,13-14,18H,1-4,7-8H2,(H,17,19). The molecule has 1 aromatic carbocycles. The normalized spacial score (nSPS) is 26.7. The molecule has 0 spiro atoms. The number of hydrogen-bond donors (Lipinski definition) is 2. The summed E-state index contributed by atoms with van der Waals surface area (Å²) in [4.78, 5) is 11.9. The van der Waals surface area contributed by atoms with E-state index in [1.165, 1.54) is 6.07 Å². The molecule has 1 aliphatic carbocycles. The first-order valence-corrected chi connectivity index (χ1v) is 7.06. The molecule has 1 amide bonds. The largest absolute Gasteiger partial charge is 0.355 e. The average molecular weight is 262 g/mol. The fraction of sp³-hybridized carbons (Fsp3) is 0.533. The van der Waals surface area contributed by atoms with Crippen molar-refractivity contribution in [3.8, 4) is 0 Å². The zero-order chi connectivity index (χ0) is 13.2. The van der Waals surface area contributed by atoms with E-state index >= 15 is 0 Å². The lowest BCUT2D eigenvalue weighted by Gasteiger charge is -2.21. The van der Waals surface area contributed by atoms with Crippen LogP contribution in [0.15, 0.2) is 18.2 Å². The minimum absolute atomic E-state index is 0.105. The molecule has 1 aromatic rings. The summed E-state index contributed by atoms with van der Waals surface area (Å²) in [6.45, 7) is 0.781. The lowest BCUT2D eigenvalue weighted by molar-refractivity contribution is -0.123. The molecule has 2 N–H and O–H groups in total. The van der Waals surface area contributed by atoms with Gasteiger partial charge in [0.25, 0.3) is 0 Å². The monoisotopic (exact) mass is 262 g/mol. The Labute approximate surface area is 112 Å². The van der Waals surface area contributed by atoms with Crippen LogP contribution in [0.5, 0.6) is 0 Å². The lowest BCUT2D eigenvalue weighted by atomic mass is 10.1. The molecular weight excluding hydrogens is 243 g/mol. The Morgan fingerprint density at radius 1 is 1.21 bits per heavy atom. The molecule has 1 saturated heterocycles. The molecule has 4 heteroatoms. The van der Waals surface area contributed by atoms with Gasteiger partial charge >= 0.3 is 0 Å². The summed E-state index contributed by atoms with van der Waals surface area (Å²) < 4.78 is 13.2. The Hall–Kier alpha value is -1.42. The van der Waals surface area contributed by atoms with Crippen LogP contribution in [0.3, 0.4) is 0 Å². The van der Waals surface area contributed by atoms with Crippen molar-refractivity contribution in [3.63, 3.8) is 0 Å². The Morgan fingerprint density at radius 2 is 2.11 bits per heavy atom. The van der Waals surface area contributed by atoms with E-state index in [-0.39, 0.29) is 23.8 Å². The number of carbonyl (C=O) groups excluding carboxylic acids is 1. The second kappa shape index (κ2) is 5.29. The van der Waals surface area contributed by atoms with Gasteiger partial charge in [-0.2, -0.15) is 0 Å². The van der Waals surface area contributed by atoms with Gasteiger partial charge in [0.1, 0.15) is 5.82 Å². The summed E-state index contributed by atoms with van der Waals surface area (Å²) in [5, 5.41) is 6.39. The first-order chi connectivity index (χ1) is 9.24. The Balaban J connectivity index is 1.73. The fourth-order valence-corrected chi connectivity index (χ4v) is 3.10.